The molecule has 2 aromatic carbocycles. The zero-order chi connectivity index (χ0) is 19.8. The zero-order valence-electron chi connectivity index (χ0n) is 14.1. The van der Waals surface area contributed by atoms with Gasteiger partial charge in [-0.3, -0.25) is 4.79 Å². The average molecular weight is 392 g/mol. The third-order valence-corrected chi connectivity index (χ3v) is 3.88. The number of ether oxygens (including phenoxy) is 1. The molecule has 1 amide bonds. The molecule has 0 radical (unpaired) electrons. The number of benzene rings is 2. The van der Waals surface area contributed by atoms with Crippen molar-refractivity contribution in [1.82, 2.24) is 0 Å². The van der Waals surface area contributed by atoms with E-state index in [9.17, 15) is 13.6 Å². The van der Waals surface area contributed by atoms with Gasteiger partial charge in [-0.1, -0.05) is 11.6 Å². The number of nitrogens with two attached hydrogens (primary N) is 1. The second kappa shape index (κ2) is 9.67. The molecule has 0 saturated heterocycles. The molecule has 0 heterocycles. The topological polar surface area (TPSA) is 88.1 Å². The van der Waals surface area contributed by atoms with E-state index >= 15 is 0 Å². The highest BCUT2D eigenvalue weighted by Crippen LogP contribution is 2.26. The predicted octanol–water partition coefficient (Wildman–Crippen LogP) is 3.84. The Kier molecular flexibility index (Phi) is 7.29. The minimum absolute atomic E-state index is 0.0815. The van der Waals surface area contributed by atoms with Crippen molar-refractivity contribution in [3.63, 3.8) is 0 Å². The van der Waals surface area contributed by atoms with Crippen LogP contribution in [0.3, 0.4) is 0 Å². The van der Waals surface area contributed by atoms with Crippen LogP contribution in [0.25, 0.3) is 0 Å². The van der Waals surface area contributed by atoms with Gasteiger partial charge in [0.05, 0.1) is 10.6 Å². The smallest absolute Gasteiger partial charge is 0.255 e. The van der Waals surface area contributed by atoms with Crippen molar-refractivity contribution >= 4 is 23.2 Å². The molecule has 140 valence electrons. The average Bonchev–Trinajstić information content (AvgIpc) is 2.67. The molecule has 0 aliphatic heterocycles. The number of amides is 1. The zero-order valence-corrected chi connectivity index (χ0v) is 14.9. The first-order valence-electron chi connectivity index (χ1n) is 7.85. The molecule has 0 spiro atoms. The summed E-state index contributed by atoms with van der Waals surface area (Å²) in [5.74, 6) is -0.836. The Balaban J connectivity index is 2.09. The fourth-order valence-corrected chi connectivity index (χ4v) is 2.37. The van der Waals surface area contributed by atoms with Crippen LogP contribution in [-0.4, -0.2) is 25.7 Å². The lowest BCUT2D eigenvalue weighted by Gasteiger charge is -2.11. The van der Waals surface area contributed by atoms with Crippen LogP contribution in [0.2, 0.25) is 5.02 Å². The normalized spacial score (nSPS) is 11.0. The number of hydrogen-bond donors (Lipinski definition) is 2. The Bertz CT molecular complexity index is 910. The van der Waals surface area contributed by atoms with Crippen molar-refractivity contribution in [1.29, 1.82) is 5.26 Å². The van der Waals surface area contributed by atoms with E-state index in [0.717, 1.165) is 6.07 Å². The Morgan fingerprint density at radius 1 is 1.33 bits per heavy atom. The number of carbonyl (C=O) groups excluding carboxylic acids is 1. The van der Waals surface area contributed by atoms with Crippen LogP contribution in [0.1, 0.15) is 15.9 Å². The summed E-state index contributed by atoms with van der Waals surface area (Å²) in [6.45, 7) is -0.401. The Labute approximate surface area is 160 Å². The van der Waals surface area contributed by atoms with Crippen LogP contribution in [0.15, 0.2) is 48.0 Å². The standard InChI is InChI=1S/C19H16ClF2N3O2/c20-16-8-13(1-4-18(16)27-11-12(9-23)5-6-21)19(26)25-15-2-3-17(22)14(7-15)10-24/h1-5,7-8H,6,9,11,23H2,(H,25,26)/b12-5-. The van der Waals surface area contributed by atoms with Crippen LogP contribution in [0, 0.1) is 17.1 Å². The summed E-state index contributed by atoms with van der Waals surface area (Å²) in [7, 11) is 0. The fourth-order valence-electron chi connectivity index (χ4n) is 2.13. The summed E-state index contributed by atoms with van der Waals surface area (Å²) in [4.78, 5) is 12.3. The van der Waals surface area contributed by atoms with Crippen LogP contribution in [0.5, 0.6) is 5.75 Å². The molecule has 8 heteroatoms. The lowest BCUT2D eigenvalue weighted by molar-refractivity contribution is 0.102. The van der Waals surface area contributed by atoms with Crippen molar-refractivity contribution < 1.29 is 18.3 Å². The van der Waals surface area contributed by atoms with Gasteiger partial charge in [-0.2, -0.15) is 5.26 Å². The second-order valence-electron chi connectivity index (χ2n) is 5.42. The Morgan fingerprint density at radius 3 is 2.74 bits per heavy atom. The maximum absolute atomic E-state index is 13.3. The maximum atomic E-state index is 13.3. The first kappa shape index (κ1) is 20.4. The number of allylic oxidation sites excluding steroid dienone is 1. The highest BCUT2D eigenvalue weighted by Gasteiger charge is 2.12. The monoisotopic (exact) mass is 391 g/mol. The molecule has 2 aromatic rings. The van der Waals surface area contributed by atoms with Gasteiger partial charge < -0.3 is 15.8 Å². The molecule has 0 bridgehead atoms. The summed E-state index contributed by atoms with van der Waals surface area (Å²) < 4.78 is 31.1. The van der Waals surface area contributed by atoms with Crippen molar-refractivity contribution in [3.8, 4) is 11.8 Å². The molecule has 2 rings (SSSR count). The number of anilines is 1. The summed E-state index contributed by atoms with van der Waals surface area (Å²) >= 11 is 6.13. The number of hydrogen-bond acceptors (Lipinski definition) is 4. The third-order valence-electron chi connectivity index (χ3n) is 3.58. The van der Waals surface area contributed by atoms with Gasteiger partial charge in [0.25, 0.3) is 5.91 Å². The van der Waals surface area contributed by atoms with Crippen LogP contribution >= 0.6 is 11.6 Å². The first-order valence-corrected chi connectivity index (χ1v) is 8.23. The van der Waals surface area contributed by atoms with Gasteiger partial charge in [-0.15, -0.1) is 0 Å². The molecule has 0 atom stereocenters. The van der Waals surface area contributed by atoms with Crippen molar-refractivity contribution in [3.05, 3.63) is 70.0 Å². The molecule has 0 unspecified atom stereocenters. The highest BCUT2D eigenvalue weighted by molar-refractivity contribution is 6.32. The van der Waals surface area contributed by atoms with E-state index in [-0.39, 0.29) is 35.0 Å². The Morgan fingerprint density at radius 2 is 2.11 bits per heavy atom. The molecule has 5 nitrogen and oxygen atoms in total. The molecular weight excluding hydrogens is 376 g/mol. The largest absolute Gasteiger partial charge is 0.488 e. The highest BCUT2D eigenvalue weighted by atomic mass is 35.5. The van der Waals surface area contributed by atoms with E-state index in [1.165, 1.54) is 36.4 Å². The van der Waals surface area contributed by atoms with E-state index in [4.69, 9.17) is 27.3 Å². The lowest BCUT2D eigenvalue weighted by atomic mass is 10.1. The van der Waals surface area contributed by atoms with Crippen molar-refractivity contribution in [2.45, 2.75) is 0 Å². The second-order valence-corrected chi connectivity index (χ2v) is 5.82. The molecule has 27 heavy (non-hydrogen) atoms. The van der Waals surface area contributed by atoms with E-state index in [2.05, 4.69) is 5.32 Å². The molecule has 0 aromatic heterocycles. The lowest BCUT2D eigenvalue weighted by Crippen LogP contribution is -2.13. The quantitative estimate of drug-likeness (QED) is 0.702. The van der Waals surface area contributed by atoms with Crippen molar-refractivity contribution in [2.75, 3.05) is 25.1 Å². The summed E-state index contributed by atoms with van der Waals surface area (Å²) in [6.07, 6.45) is 1.33. The van der Waals surface area contributed by atoms with Crippen molar-refractivity contribution in [2.24, 2.45) is 5.73 Å². The molecule has 0 aliphatic carbocycles. The SMILES string of the molecule is N#Cc1cc(NC(=O)c2ccc(OC/C(=C\CF)CN)c(Cl)c2)ccc1F. The summed E-state index contributed by atoms with van der Waals surface area (Å²) in [6, 6.07) is 9.78. The van der Waals surface area contributed by atoms with E-state index < -0.39 is 18.4 Å². The minimum Gasteiger partial charge on any atom is -0.488 e. The Hall–Kier alpha value is -2.95. The number of nitrogens with zero attached hydrogens (tertiary/aromatic N) is 1. The number of nitrogens with one attached hydrogen (secondary N) is 1. The number of nitriles is 1. The minimum atomic E-state index is -0.668. The van der Waals surface area contributed by atoms with Crippen LogP contribution < -0.4 is 15.8 Å². The predicted molar refractivity (Wildman–Crippen MR) is 99.1 cm³/mol. The number of halogens is 3. The summed E-state index contributed by atoms with van der Waals surface area (Å²) in [5.41, 5.74) is 6.41. The van der Waals surface area contributed by atoms with Gasteiger partial charge in [0, 0.05) is 17.8 Å². The van der Waals surface area contributed by atoms with E-state index in [1.54, 1.807) is 6.07 Å². The number of rotatable bonds is 7. The molecule has 0 saturated carbocycles. The van der Waals surface area contributed by atoms with Gasteiger partial charge in [-0.25, -0.2) is 8.78 Å². The third kappa shape index (κ3) is 5.51. The first-order chi connectivity index (χ1) is 13.0. The molecule has 3 N–H and O–H groups in total. The van der Waals surface area contributed by atoms with Gasteiger partial charge in [0.1, 0.15) is 30.9 Å². The molecule has 0 fully saturated rings. The number of carbonyl (C=O) groups is 1. The van der Waals surface area contributed by atoms with Gasteiger partial charge in [0.15, 0.2) is 0 Å². The summed E-state index contributed by atoms with van der Waals surface area (Å²) in [5, 5.41) is 11.6. The van der Waals surface area contributed by atoms with Crippen LogP contribution in [-0.2, 0) is 0 Å². The van der Waals surface area contributed by atoms with Crippen LogP contribution in [0.4, 0.5) is 14.5 Å². The maximum Gasteiger partial charge on any atom is 0.255 e. The molecular formula is C19H16ClF2N3O2. The fraction of sp³-hybridized carbons (Fsp3) is 0.158. The van der Waals surface area contributed by atoms with E-state index in [1.807, 2.05) is 0 Å². The van der Waals surface area contributed by atoms with E-state index in [0.29, 0.717) is 11.3 Å². The molecule has 0 aliphatic rings. The van der Waals surface area contributed by atoms with Gasteiger partial charge in [-0.05, 0) is 48.0 Å². The van der Waals surface area contributed by atoms with Gasteiger partial charge >= 0.3 is 0 Å². The number of alkyl halides is 1. The van der Waals surface area contributed by atoms with Gasteiger partial charge in [0.2, 0.25) is 0 Å².